The fourth-order valence-electron chi connectivity index (χ4n) is 2.29. The minimum atomic E-state index is 0.181. The van der Waals surface area contributed by atoms with Crippen LogP contribution in [0.3, 0.4) is 0 Å². The van der Waals surface area contributed by atoms with Gasteiger partial charge in [0.2, 0.25) is 11.2 Å². The monoisotopic (exact) mass is 299 g/mol. The van der Waals surface area contributed by atoms with Gasteiger partial charge < -0.3 is 9.64 Å². The summed E-state index contributed by atoms with van der Waals surface area (Å²) in [6.45, 7) is 8.74. The Bertz CT molecular complexity index is 446. The highest BCUT2D eigenvalue weighted by molar-refractivity contribution is 6.28. The first kappa shape index (κ1) is 15.3. The minimum absolute atomic E-state index is 0.181. The van der Waals surface area contributed by atoms with E-state index >= 15 is 0 Å². The highest BCUT2D eigenvalue weighted by Crippen LogP contribution is 2.21. The van der Waals surface area contributed by atoms with E-state index in [1.54, 1.807) is 0 Å². The number of likely N-dealkylation sites (N-methyl/N-ethyl adjacent to an activating group) is 1. The largest absolute Gasteiger partial charge is 0.463 e. The Morgan fingerprint density at radius 2 is 1.85 bits per heavy atom. The van der Waals surface area contributed by atoms with Gasteiger partial charge in [-0.25, -0.2) is 0 Å². The second-order valence-corrected chi connectivity index (χ2v) is 5.64. The molecule has 1 saturated heterocycles. The van der Waals surface area contributed by atoms with E-state index in [-0.39, 0.29) is 5.28 Å². The Balaban J connectivity index is 2.17. The topological polar surface area (TPSA) is 54.4 Å². The van der Waals surface area contributed by atoms with Crippen molar-refractivity contribution in [1.29, 1.82) is 0 Å². The van der Waals surface area contributed by atoms with Crippen molar-refractivity contribution < 1.29 is 4.74 Å². The summed E-state index contributed by atoms with van der Waals surface area (Å²) >= 11 is 5.97. The Morgan fingerprint density at radius 1 is 1.20 bits per heavy atom. The molecule has 2 rings (SSSR count). The van der Waals surface area contributed by atoms with E-state index in [0.717, 1.165) is 19.5 Å². The maximum atomic E-state index is 5.97. The average Bonchev–Trinajstić information content (AvgIpc) is 2.41. The van der Waals surface area contributed by atoms with Crippen LogP contribution in [0.5, 0.6) is 6.01 Å². The molecule has 7 heteroatoms. The number of hydrogen-bond acceptors (Lipinski definition) is 6. The van der Waals surface area contributed by atoms with Crippen molar-refractivity contribution in [3.63, 3.8) is 0 Å². The molecular formula is C13H22ClN5O. The molecule has 0 N–H and O–H groups in total. The highest BCUT2D eigenvalue weighted by atomic mass is 35.5. The van der Waals surface area contributed by atoms with Crippen LogP contribution in [-0.4, -0.2) is 58.7 Å². The number of piperazine rings is 1. The van der Waals surface area contributed by atoms with Gasteiger partial charge in [0.1, 0.15) is 0 Å². The number of hydrogen-bond donors (Lipinski definition) is 0. The van der Waals surface area contributed by atoms with Gasteiger partial charge in [-0.2, -0.15) is 15.0 Å². The van der Waals surface area contributed by atoms with Crippen molar-refractivity contribution in [2.45, 2.75) is 39.3 Å². The van der Waals surface area contributed by atoms with Crippen LogP contribution in [0.2, 0.25) is 5.28 Å². The third-order valence-corrected chi connectivity index (χ3v) is 3.82. The van der Waals surface area contributed by atoms with Crippen LogP contribution >= 0.6 is 11.6 Å². The van der Waals surface area contributed by atoms with E-state index in [9.17, 15) is 0 Å². The second-order valence-electron chi connectivity index (χ2n) is 5.30. The second kappa shape index (κ2) is 6.54. The smallest absolute Gasteiger partial charge is 0.322 e. The van der Waals surface area contributed by atoms with Crippen LogP contribution in [0, 0.1) is 0 Å². The van der Waals surface area contributed by atoms with Crippen molar-refractivity contribution in [2.75, 3.05) is 31.6 Å². The molecule has 0 saturated carbocycles. The van der Waals surface area contributed by atoms with Gasteiger partial charge in [0.15, 0.2) is 0 Å². The first-order chi connectivity index (χ1) is 9.51. The lowest BCUT2D eigenvalue weighted by atomic mass is 10.1. The molecule has 1 aromatic rings. The molecule has 20 heavy (non-hydrogen) atoms. The molecular weight excluding hydrogens is 278 g/mol. The maximum Gasteiger partial charge on any atom is 0.322 e. The Hall–Kier alpha value is -1.14. The van der Waals surface area contributed by atoms with Crippen molar-refractivity contribution in [3.8, 4) is 6.01 Å². The molecule has 1 aliphatic rings. The van der Waals surface area contributed by atoms with E-state index < -0.39 is 0 Å². The molecule has 6 nitrogen and oxygen atoms in total. The number of nitrogens with zero attached hydrogens (tertiary/aromatic N) is 5. The third kappa shape index (κ3) is 3.49. The maximum absolute atomic E-state index is 5.97. The van der Waals surface area contributed by atoms with Crippen LogP contribution in [0.1, 0.15) is 27.2 Å². The standard InChI is InChI=1S/C13H22ClN5O/c1-5-6-20-13-16-11(14)15-12(17-13)19-7-9(2)18(4)10(3)8-19/h9-10H,5-8H2,1-4H3. The summed E-state index contributed by atoms with van der Waals surface area (Å²) in [6.07, 6.45) is 0.904. The van der Waals surface area contributed by atoms with E-state index in [2.05, 4.69) is 45.6 Å². The van der Waals surface area contributed by atoms with Gasteiger partial charge in [-0.1, -0.05) is 6.92 Å². The van der Waals surface area contributed by atoms with Gasteiger partial charge in [0.25, 0.3) is 0 Å². The number of ether oxygens (including phenoxy) is 1. The minimum Gasteiger partial charge on any atom is -0.463 e. The van der Waals surface area contributed by atoms with E-state index in [1.165, 1.54) is 0 Å². The third-order valence-electron chi connectivity index (χ3n) is 3.65. The average molecular weight is 300 g/mol. The predicted octanol–water partition coefficient (Wildman–Crippen LogP) is 1.84. The lowest BCUT2D eigenvalue weighted by Gasteiger charge is -2.42. The van der Waals surface area contributed by atoms with Crippen LogP contribution in [0.4, 0.5) is 5.95 Å². The van der Waals surface area contributed by atoms with Crippen LogP contribution in [-0.2, 0) is 0 Å². The normalized spacial score (nSPS) is 23.9. The van der Waals surface area contributed by atoms with Crippen molar-refractivity contribution in [1.82, 2.24) is 19.9 Å². The fourth-order valence-corrected chi connectivity index (χ4v) is 2.44. The molecule has 1 fully saturated rings. The van der Waals surface area contributed by atoms with Gasteiger partial charge in [0, 0.05) is 25.2 Å². The van der Waals surface area contributed by atoms with E-state index in [4.69, 9.17) is 16.3 Å². The van der Waals surface area contributed by atoms with Crippen LogP contribution in [0.15, 0.2) is 0 Å². The summed E-state index contributed by atoms with van der Waals surface area (Å²) < 4.78 is 5.46. The lowest BCUT2D eigenvalue weighted by Crippen LogP contribution is -2.55. The first-order valence-electron chi connectivity index (χ1n) is 7.02. The Morgan fingerprint density at radius 3 is 2.45 bits per heavy atom. The zero-order valence-corrected chi connectivity index (χ0v) is 13.3. The summed E-state index contributed by atoms with van der Waals surface area (Å²) in [6, 6.07) is 1.18. The molecule has 0 radical (unpaired) electrons. The van der Waals surface area contributed by atoms with E-state index in [0.29, 0.717) is 30.6 Å². The lowest BCUT2D eigenvalue weighted by molar-refractivity contribution is 0.168. The molecule has 2 heterocycles. The van der Waals surface area contributed by atoms with Gasteiger partial charge in [0.05, 0.1) is 6.61 Å². The van der Waals surface area contributed by atoms with Crippen LogP contribution < -0.4 is 9.64 Å². The number of halogens is 1. The highest BCUT2D eigenvalue weighted by Gasteiger charge is 2.28. The van der Waals surface area contributed by atoms with Crippen molar-refractivity contribution >= 4 is 17.5 Å². The first-order valence-corrected chi connectivity index (χ1v) is 7.40. The van der Waals surface area contributed by atoms with Gasteiger partial charge in [-0.3, -0.25) is 4.90 Å². The molecule has 0 bridgehead atoms. The fraction of sp³-hybridized carbons (Fsp3) is 0.769. The number of rotatable bonds is 4. The Kier molecular flexibility index (Phi) is 4.99. The summed E-state index contributed by atoms with van der Waals surface area (Å²) in [7, 11) is 2.14. The SMILES string of the molecule is CCCOc1nc(Cl)nc(N2CC(C)N(C)C(C)C2)n1. The molecule has 1 aliphatic heterocycles. The number of aromatic nitrogens is 3. The predicted molar refractivity (Wildman–Crippen MR) is 79.5 cm³/mol. The molecule has 0 aliphatic carbocycles. The Labute approximate surface area is 125 Å². The van der Waals surface area contributed by atoms with Crippen molar-refractivity contribution in [2.24, 2.45) is 0 Å². The molecule has 2 unspecified atom stereocenters. The number of anilines is 1. The molecule has 0 amide bonds. The molecule has 1 aromatic heterocycles. The molecule has 112 valence electrons. The molecule has 0 aromatic carbocycles. The summed E-state index contributed by atoms with van der Waals surface area (Å²) in [5.41, 5.74) is 0. The zero-order valence-electron chi connectivity index (χ0n) is 12.5. The molecule has 0 spiro atoms. The molecule has 2 atom stereocenters. The van der Waals surface area contributed by atoms with Gasteiger partial charge in [-0.15, -0.1) is 0 Å². The van der Waals surface area contributed by atoms with Crippen LogP contribution in [0.25, 0.3) is 0 Å². The van der Waals surface area contributed by atoms with E-state index in [1.807, 2.05) is 6.92 Å². The zero-order chi connectivity index (χ0) is 14.7. The van der Waals surface area contributed by atoms with Crippen molar-refractivity contribution in [3.05, 3.63) is 5.28 Å². The summed E-state index contributed by atoms with van der Waals surface area (Å²) in [5.74, 6) is 0.600. The quantitative estimate of drug-likeness (QED) is 0.845. The summed E-state index contributed by atoms with van der Waals surface area (Å²) in [5, 5.41) is 0.181. The summed E-state index contributed by atoms with van der Waals surface area (Å²) in [4.78, 5) is 17.1. The van der Waals surface area contributed by atoms with Gasteiger partial charge in [-0.05, 0) is 38.9 Å². The van der Waals surface area contributed by atoms with Gasteiger partial charge >= 0.3 is 6.01 Å².